The molecule has 0 unspecified atom stereocenters. The van der Waals surface area contributed by atoms with Crippen molar-refractivity contribution in [3.8, 4) is 0 Å². The number of carbonyl (C=O) groups excluding carboxylic acids is 2. The molecule has 1 aromatic rings. The van der Waals surface area contributed by atoms with Crippen molar-refractivity contribution in [3.63, 3.8) is 0 Å². The Labute approximate surface area is 132 Å². The molecule has 6 nitrogen and oxygen atoms in total. The molecule has 0 saturated carbocycles. The van der Waals surface area contributed by atoms with E-state index in [0.717, 1.165) is 11.5 Å². The van der Waals surface area contributed by atoms with Gasteiger partial charge in [-0.2, -0.15) is 11.8 Å². The normalized spacial score (nSPS) is 30.0. The third kappa shape index (κ3) is 1.85. The van der Waals surface area contributed by atoms with Crippen LogP contribution in [0.3, 0.4) is 0 Å². The van der Waals surface area contributed by atoms with Gasteiger partial charge in [-0.3, -0.25) is 9.59 Å². The monoisotopic (exact) mass is 322 g/mol. The number of hydrogen-bond donors (Lipinski definition) is 0. The van der Waals surface area contributed by atoms with E-state index in [1.807, 2.05) is 17.2 Å². The molecule has 4 rings (SSSR count). The van der Waals surface area contributed by atoms with Gasteiger partial charge in [-0.05, 0) is 18.4 Å². The first-order valence-corrected chi connectivity index (χ1v) is 8.88. The molecule has 7 heteroatoms. The fraction of sp³-hybridized carbons (Fsp3) is 0.600. The maximum absolute atomic E-state index is 12.7. The van der Waals surface area contributed by atoms with Gasteiger partial charge < -0.3 is 19.0 Å². The van der Waals surface area contributed by atoms with Crippen LogP contribution in [0.15, 0.2) is 16.5 Å². The summed E-state index contributed by atoms with van der Waals surface area (Å²) in [6.07, 6.45) is 3.03. The van der Waals surface area contributed by atoms with E-state index in [4.69, 9.17) is 9.15 Å². The van der Waals surface area contributed by atoms with Crippen LogP contribution in [0.1, 0.15) is 29.2 Å². The molecule has 4 heterocycles. The Kier molecular flexibility index (Phi) is 3.23. The second-order valence-electron chi connectivity index (χ2n) is 5.91. The summed E-state index contributed by atoms with van der Waals surface area (Å²) in [6.45, 7) is 1.80. The summed E-state index contributed by atoms with van der Waals surface area (Å²) >= 11 is 1.65. The van der Waals surface area contributed by atoms with E-state index in [0.29, 0.717) is 38.3 Å². The molecular formula is C15H18N2O4S. The van der Waals surface area contributed by atoms with Crippen molar-refractivity contribution < 1.29 is 18.7 Å². The topological polar surface area (TPSA) is 63.0 Å². The molecule has 0 bridgehead atoms. The fourth-order valence-corrected chi connectivity index (χ4v) is 4.33. The first-order valence-electron chi connectivity index (χ1n) is 7.49. The molecule has 118 valence electrons. The van der Waals surface area contributed by atoms with Crippen LogP contribution in [-0.2, 0) is 15.3 Å². The SMILES string of the molecule is CSCc1ccc(C(=O)N2CC[C@@]34OCCN3C(=O)C[C@@H]24)o1. The summed E-state index contributed by atoms with van der Waals surface area (Å²) in [7, 11) is 0. The Bertz CT molecular complexity index is 631. The third-order valence-electron chi connectivity index (χ3n) is 4.82. The van der Waals surface area contributed by atoms with Gasteiger partial charge in [0, 0.05) is 19.5 Å². The molecule has 0 N–H and O–H groups in total. The van der Waals surface area contributed by atoms with E-state index in [1.54, 1.807) is 22.7 Å². The zero-order valence-electron chi connectivity index (χ0n) is 12.4. The molecule has 1 spiro atoms. The van der Waals surface area contributed by atoms with E-state index in [1.165, 1.54) is 0 Å². The van der Waals surface area contributed by atoms with Crippen molar-refractivity contribution in [2.75, 3.05) is 26.0 Å². The highest BCUT2D eigenvalue weighted by Crippen LogP contribution is 2.45. The maximum Gasteiger partial charge on any atom is 0.289 e. The average Bonchev–Trinajstić information content (AvgIpc) is 3.22. The summed E-state index contributed by atoms with van der Waals surface area (Å²) in [4.78, 5) is 28.4. The number of rotatable bonds is 3. The van der Waals surface area contributed by atoms with Gasteiger partial charge in [0.05, 0.1) is 24.8 Å². The van der Waals surface area contributed by atoms with Crippen LogP contribution in [0.2, 0.25) is 0 Å². The van der Waals surface area contributed by atoms with Crippen molar-refractivity contribution in [1.29, 1.82) is 0 Å². The number of nitrogens with zero attached hydrogens (tertiary/aromatic N) is 2. The second-order valence-corrected chi connectivity index (χ2v) is 6.77. The van der Waals surface area contributed by atoms with Crippen LogP contribution >= 0.6 is 11.8 Å². The average molecular weight is 322 g/mol. The smallest absolute Gasteiger partial charge is 0.289 e. The lowest BCUT2D eigenvalue weighted by Gasteiger charge is -2.31. The molecule has 22 heavy (non-hydrogen) atoms. The van der Waals surface area contributed by atoms with Gasteiger partial charge >= 0.3 is 0 Å². The van der Waals surface area contributed by atoms with Crippen molar-refractivity contribution in [3.05, 3.63) is 23.7 Å². The molecule has 2 amide bonds. The molecule has 0 aliphatic carbocycles. The van der Waals surface area contributed by atoms with Crippen molar-refractivity contribution in [2.24, 2.45) is 0 Å². The van der Waals surface area contributed by atoms with Gasteiger partial charge in [0.1, 0.15) is 5.76 Å². The lowest BCUT2D eigenvalue weighted by molar-refractivity contribution is -0.136. The maximum atomic E-state index is 12.7. The first-order chi connectivity index (χ1) is 10.7. The fourth-order valence-electron chi connectivity index (χ4n) is 3.89. The number of amides is 2. The van der Waals surface area contributed by atoms with Crippen LogP contribution in [0.5, 0.6) is 0 Å². The quantitative estimate of drug-likeness (QED) is 0.840. The number of thioether (sulfide) groups is 1. The lowest BCUT2D eigenvalue weighted by atomic mass is 10.1. The predicted octanol–water partition coefficient (Wildman–Crippen LogP) is 1.32. The zero-order valence-corrected chi connectivity index (χ0v) is 13.2. The van der Waals surface area contributed by atoms with Gasteiger partial charge in [-0.15, -0.1) is 0 Å². The highest BCUT2D eigenvalue weighted by Gasteiger charge is 2.63. The van der Waals surface area contributed by atoms with Crippen LogP contribution < -0.4 is 0 Å². The Morgan fingerprint density at radius 3 is 3.14 bits per heavy atom. The molecule has 3 saturated heterocycles. The summed E-state index contributed by atoms with van der Waals surface area (Å²) in [5, 5.41) is 0. The van der Waals surface area contributed by atoms with Crippen molar-refractivity contribution >= 4 is 23.6 Å². The highest BCUT2D eigenvalue weighted by atomic mass is 32.2. The molecule has 3 aliphatic rings. The minimum absolute atomic E-state index is 0.0857. The summed E-state index contributed by atoms with van der Waals surface area (Å²) in [5.41, 5.74) is -0.582. The van der Waals surface area contributed by atoms with Crippen LogP contribution in [0.25, 0.3) is 0 Å². The van der Waals surface area contributed by atoms with E-state index >= 15 is 0 Å². The van der Waals surface area contributed by atoms with E-state index < -0.39 is 5.72 Å². The molecule has 3 aliphatic heterocycles. The second kappa shape index (κ2) is 5.03. The Balaban J connectivity index is 1.58. The molecule has 0 radical (unpaired) electrons. The lowest BCUT2D eigenvalue weighted by Crippen LogP contribution is -2.48. The van der Waals surface area contributed by atoms with Crippen molar-refractivity contribution in [1.82, 2.24) is 9.80 Å². The molecule has 2 atom stereocenters. The van der Waals surface area contributed by atoms with Gasteiger partial charge in [0.25, 0.3) is 5.91 Å². The van der Waals surface area contributed by atoms with E-state index in [9.17, 15) is 9.59 Å². The highest BCUT2D eigenvalue weighted by molar-refractivity contribution is 7.97. The molecule has 3 fully saturated rings. The standard InChI is InChI=1S/C15H18N2O4S/c1-22-9-10-2-3-11(21-10)14(19)16-5-4-15-12(16)8-13(18)17(15)6-7-20-15/h2-3,12H,4-9H2,1H3/t12-,15+/m1/s1. The van der Waals surface area contributed by atoms with E-state index in [-0.39, 0.29) is 17.9 Å². The van der Waals surface area contributed by atoms with E-state index in [2.05, 4.69) is 0 Å². The number of ether oxygens (including phenoxy) is 1. The van der Waals surface area contributed by atoms with Gasteiger partial charge in [-0.1, -0.05) is 0 Å². The number of likely N-dealkylation sites (tertiary alicyclic amines) is 1. The Morgan fingerprint density at radius 2 is 2.32 bits per heavy atom. The molecule has 0 aromatic carbocycles. The zero-order chi connectivity index (χ0) is 15.3. The third-order valence-corrected chi connectivity index (χ3v) is 5.39. The van der Waals surface area contributed by atoms with Gasteiger partial charge in [-0.25, -0.2) is 0 Å². The Morgan fingerprint density at radius 1 is 1.45 bits per heavy atom. The summed E-state index contributed by atoms with van der Waals surface area (Å²) < 4.78 is 11.5. The minimum Gasteiger partial charge on any atom is -0.455 e. The number of hydrogen-bond acceptors (Lipinski definition) is 5. The van der Waals surface area contributed by atoms with Crippen LogP contribution in [-0.4, -0.2) is 59.3 Å². The largest absolute Gasteiger partial charge is 0.455 e. The number of furan rings is 1. The van der Waals surface area contributed by atoms with Crippen molar-refractivity contribution in [2.45, 2.75) is 30.4 Å². The Hall–Kier alpha value is -1.47. The molecular weight excluding hydrogens is 304 g/mol. The number of carbonyl (C=O) groups is 2. The molecule has 1 aromatic heterocycles. The minimum atomic E-state index is -0.582. The summed E-state index contributed by atoms with van der Waals surface area (Å²) in [5.74, 6) is 1.84. The van der Waals surface area contributed by atoms with Gasteiger partial charge in [0.15, 0.2) is 11.5 Å². The van der Waals surface area contributed by atoms with Crippen LogP contribution in [0.4, 0.5) is 0 Å². The first kappa shape index (κ1) is 14.1. The van der Waals surface area contributed by atoms with Gasteiger partial charge in [0.2, 0.25) is 5.91 Å². The van der Waals surface area contributed by atoms with Crippen LogP contribution in [0, 0.1) is 0 Å². The predicted molar refractivity (Wildman–Crippen MR) is 80.4 cm³/mol. The summed E-state index contributed by atoms with van der Waals surface area (Å²) in [6, 6.07) is 3.38.